The van der Waals surface area contributed by atoms with E-state index in [0.717, 1.165) is 37.7 Å². The number of carboxylic acid groups (broad SMARTS) is 1. The zero-order valence-electron chi connectivity index (χ0n) is 30.9. The predicted molar refractivity (Wildman–Crippen MR) is 203 cm³/mol. The van der Waals surface area contributed by atoms with Crippen LogP contribution in [0.3, 0.4) is 0 Å². The number of anilines is 1. The number of aliphatic hydroxyl groups is 3. The zero-order chi connectivity index (χ0) is 40.0. The van der Waals surface area contributed by atoms with Crippen LogP contribution < -0.4 is 25.8 Å². The van der Waals surface area contributed by atoms with Crippen molar-refractivity contribution < 1.29 is 53.8 Å². The Labute approximate surface area is 324 Å². The van der Waals surface area contributed by atoms with Gasteiger partial charge in [-0.1, -0.05) is 31.0 Å². The summed E-state index contributed by atoms with van der Waals surface area (Å²) in [4.78, 5) is 55.4. The van der Waals surface area contributed by atoms with Gasteiger partial charge in [-0.25, -0.2) is 4.79 Å². The van der Waals surface area contributed by atoms with Crippen LogP contribution in [0.15, 0.2) is 73.1 Å². The van der Waals surface area contributed by atoms with Crippen LogP contribution in [0.4, 0.5) is 5.69 Å². The molecule has 56 heavy (non-hydrogen) atoms. The van der Waals surface area contributed by atoms with E-state index in [2.05, 4.69) is 15.6 Å². The van der Waals surface area contributed by atoms with Gasteiger partial charge in [-0.3, -0.25) is 19.4 Å². The summed E-state index contributed by atoms with van der Waals surface area (Å²) in [6.45, 7) is 2.01. The van der Waals surface area contributed by atoms with Crippen molar-refractivity contribution in [3.05, 3.63) is 89.8 Å². The number of hydrogen-bond acceptors (Lipinski definition) is 12. The largest absolute Gasteiger partial charge is 0.489 e. The molecule has 300 valence electrons. The molecule has 0 bridgehead atoms. The third kappa shape index (κ3) is 11.8. The number of nitrogens with one attached hydrogen (secondary N) is 2. The molecule has 5 rings (SSSR count). The quantitative estimate of drug-likeness (QED) is 0.0769. The summed E-state index contributed by atoms with van der Waals surface area (Å²) in [5.74, 6) is -1.28. The molecule has 0 saturated carbocycles. The second-order valence-electron chi connectivity index (χ2n) is 13.7. The number of piperidine rings is 1. The lowest BCUT2D eigenvalue weighted by Gasteiger charge is -2.38. The Morgan fingerprint density at radius 2 is 1.79 bits per heavy atom. The van der Waals surface area contributed by atoms with Crippen molar-refractivity contribution in [2.75, 3.05) is 31.5 Å². The van der Waals surface area contributed by atoms with Gasteiger partial charge in [0, 0.05) is 56.6 Å². The molecule has 2 aromatic carbocycles. The fourth-order valence-corrected chi connectivity index (χ4v) is 6.45. The molecule has 5 atom stereocenters. The molecular weight excluding hydrogens is 726 g/mol. The van der Waals surface area contributed by atoms with Gasteiger partial charge < -0.3 is 55.9 Å². The zero-order valence-corrected chi connectivity index (χ0v) is 30.9. The number of nitrogens with zero attached hydrogens (tertiary/aromatic N) is 2. The lowest BCUT2D eigenvalue weighted by atomic mass is 9.91. The van der Waals surface area contributed by atoms with Crippen molar-refractivity contribution in [1.29, 1.82) is 0 Å². The van der Waals surface area contributed by atoms with E-state index in [1.807, 2.05) is 17.0 Å². The molecule has 2 fully saturated rings. The van der Waals surface area contributed by atoms with E-state index >= 15 is 0 Å². The molecule has 0 spiro atoms. The average molecular weight is 776 g/mol. The predicted octanol–water partition coefficient (Wildman–Crippen LogP) is 2.07. The fraction of sp³-hybridized carbons (Fsp3) is 0.425. The Morgan fingerprint density at radius 3 is 2.52 bits per heavy atom. The van der Waals surface area contributed by atoms with Crippen LogP contribution in [-0.4, -0.2) is 111 Å². The van der Waals surface area contributed by atoms with E-state index < -0.39 is 42.6 Å². The molecule has 3 heterocycles. The van der Waals surface area contributed by atoms with Crippen molar-refractivity contribution in [1.82, 2.24) is 15.2 Å². The smallest absolute Gasteiger partial charge is 0.335 e. The number of carboxylic acids is 1. The summed E-state index contributed by atoms with van der Waals surface area (Å²) >= 11 is 0. The maximum absolute atomic E-state index is 13.4. The number of rotatable bonds is 17. The third-order valence-electron chi connectivity index (χ3n) is 9.58. The number of likely N-dealkylation sites (tertiary alicyclic amines) is 1. The number of carbonyl (C=O) groups is 4. The Bertz CT molecular complexity index is 1820. The Balaban J connectivity index is 1.10. The Hall–Kier alpha value is -5.39. The van der Waals surface area contributed by atoms with Gasteiger partial charge in [-0.15, -0.1) is 0 Å². The minimum atomic E-state index is -1.89. The highest BCUT2D eigenvalue weighted by atomic mass is 16.7. The van der Waals surface area contributed by atoms with E-state index in [1.165, 1.54) is 12.1 Å². The summed E-state index contributed by atoms with van der Waals surface area (Å²) in [6, 6.07) is 15.2. The molecule has 16 heteroatoms. The molecule has 2 aliphatic heterocycles. The van der Waals surface area contributed by atoms with Crippen LogP contribution in [-0.2, 0) is 25.7 Å². The number of aromatic nitrogens is 1. The van der Waals surface area contributed by atoms with Gasteiger partial charge in [0.2, 0.25) is 18.1 Å². The van der Waals surface area contributed by atoms with Gasteiger partial charge in [0.25, 0.3) is 5.91 Å². The molecule has 8 N–H and O–H groups in total. The number of carbonyl (C=O) groups excluding carboxylic acids is 3. The second-order valence-corrected chi connectivity index (χ2v) is 13.7. The van der Waals surface area contributed by atoms with Crippen LogP contribution >= 0.6 is 0 Å². The number of hydrogen-bond donors (Lipinski definition) is 7. The number of benzene rings is 2. The van der Waals surface area contributed by atoms with Crippen LogP contribution in [0.1, 0.15) is 60.0 Å². The van der Waals surface area contributed by atoms with Crippen molar-refractivity contribution in [2.24, 2.45) is 11.7 Å². The summed E-state index contributed by atoms with van der Waals surface area (Å²) in [6.07, 6.45) is 2.19. The van der Waals surface area contributed by atoms with E-state index in [1.54, 1.807) is 54.9 Å². The molecule has 0 radical (unpaired) electrons. The highest BCUT2D eigenvalue weighted by Gasteiger charge is 2.48. The van der Waals surface area contributed by atoms with Crippen molar-refractivity contribution in [3.63, 3.8) is 0 Å². The molecule has 3 amide bonds. The lowest BCUT2D eigenvalue weighted by Crippen LogP contribution is -2.61. The van der Waals surface area contributed by atoms with E-state index in [9.17, 15) is 39.6 Å². The lowest BCUT2D eigenvalue weighted by molar-refractivity contribution is -0.271. The number of aliphatic carboxylic acids is 1. The van der Waals surface area contributed by atoms with Gasteiger partial charge in [-0.05, 0) is 78.8 Å². The average Bonchev–Trinajstić information content (AvgIpc) is 3.20. The van der Waals surface area contributed by atoms with E-state index in [-0.39, 0.29) is 42.8 Å². The summed E-state index contributed by atoms with van der Waals surface area (Å²) < 4.78 is 16.9. The molecule has 16 nitrogen and oxygen atoms in total. The molecule has 2 aliphatic rings. The Morgan fingerprint density at radius 1 is 0.982 bits per heavy atom. The number of ether oxygens (including phenoxy) is 3. The van der Waals surface area contributed by atoms with Crippen LogP contribution in [0.25, 0.3) is 6.08 Å². The third-order valence-corrected chi connectivity index (χ3v) is 9.58. The summed E-state index contributed by atoms with van der Waals surface area (Å²) in [5, 5.41) is 45.6. The first kappa shape index (κ1) is 41.8. The number of pyridine rings is 1. The molecule has 3 aromatic rings. The van der Waals surface area contributed by atoms with E-state index in [4.69, 9.17) is 19.9 Å². The topological polar surface area (TPSA) is 243 Å². The Kier molecular flexibility index (Phi) is 15.3. The van der Waals surface area contributed by atoms with Crippen molar-refractivity contribution >= 4 is 35.5 Å². The molecule has 1 aromatic heterocycles. The number of aliphatic hydroxyl groups excluding tert-OH is 3. The number of amides is 3. The van der Waals surface area contributed by atoms with Gasteiger partial charge in [0.15, 0.2) is 6.10 Å². The second kappa shape index (κ2) is 20.5. The van der Waals surface area contributed by atoms with E-state index in [0.29, 0.717) is 42.4 Å². The normalized spacial score (nSPS) is 21.4. The van der Waals surface area contributed by atoms with Crippen LogP contribution in [0.5, 0.6) is 11.5 Å². The summed E-state index contributed by atoms with van der Waals surface area (Å²) in [5.41, 5.74) is 7.61. The van der Waals surface area contributed by atoms with Gasteiger partial charge >= 0.3 is 5.97 Å². The van der Waals surface area contributed by atoms with Crippen molar-refractivity contribution in [3.8, 4) is 11.5 Å². The minimum Gasteiger partial charge on any atom is -0.489 e. The maximum Gasteiger partial charge on any atom is 0.335 e. The van der Waals surface area contributed by atoms with Crippen LogP contribution in [0.2, 0.25) is 0 Å². The summed E-state index contributed by atoms with van der Waals surface area (Å²) in [7, 11) is 0. The fourth-order valence-electron chi connectivity index (χ4n) is 6.45. The highest BCUT2D eigenvalue weighted by Crippen LogP contribution is 2.32. The highest BCUT2D eigenvalue weighted by molar-refractivity contribution is 5.95. The first-order chi connectivity index (χ1) is 27.0. The standard InChI is InChI=1S/C40H49N5O11/c41-16-13-33(47)44-30-21-27(9-11-31(30)55-40-36(50)34(48)35(49)37(56-40)39(52)53)24-54-29-8-3-7-28(22-29)38(51)45-19-14-25(15-20-45)5-1-2-18-43-32(46)12-10-26-6-4-17-42-23-26/h3-4,6-12,17,21-23,25,34-37,40,48-50H,1-2,5,13-16,18-20,24,41H2,(H,43,46)(H,44,47)(H,52,53)/b12-10+/t34-,35-,36+,37-,40+/m0/s1. The molecule has 0 unspecified atom stereocenters. The van der Waals surface area contributed by atoms with Gasteiger partial charge in [0.05, 0.1) is 5.69 Å². The number of unbranched alkanes of at least 4 members (excludes halogenated alkanes) is 1. The molecule has 0 aliphatic carbocycles. The first-order valence-electron chi connectivity index (χ1n) is 18.6. The molecule has 2 saturated heterocycles. The number of nitrogens with two attached hydrogens (primary N) is 1. The SMILES string of the molecule is NCCC(=O)Nc1cc(COc2cccc(C(=O)N3CCC(CCCCNC(=O)/C=C/c4cccnc4)CC3)c2)ccc1O[C@@H]1O[C@H](C(=O)O)[C@@H](O)[C@H](O)[C@H]1O. The van der Waals surface area contributed by atoms with Crippen LogP contribution in [0, 0.1) is 5.92 Å². The maximum atomic E-state index is 13.4. The minimum absolute atomic E-state index is 0.0122. The van der Waals surface area contributed by atoms with Gasteiger partial charge in [-0.2, -0.15) is 0 Å². The van der Waals surface area contributed by atoms with Gasteiger partial charge in [0.1, 0.15) is 36.4 Å². The van der Waals surface area contributed by atoms with Crippen molar-refractivity contribution in [2.45, 2.75) is 75.8 Å². The monoisotopic (exact) mass is 775 g/mol. The molecular formula is C40H49N5O11. The first-order valence-corrected chi connectivity index (χ1v) is 18.6.